The highest BCUT2D eigenvalue weighted by atomic mass is 16.5. The number of hydrogen-bond acceptors (Lipinski definition) is 6. The molecule has 6 heteroatoms. The van der Waals surface area contributed by atoms with E-state index in [1.807, 2.05) is 30.3 Å². The third-order valence-electron chi connectivity index (χ3n) is 4.91. The standard InChI is InChI=1S/C19H25N3O3/c23-16(13-24-12-14-5-2-1-3-6-14)11-22-10-4-7-17(22)18-20-19(25-21-18)15-8-9-15/h1-3,5-6,15-17,23H,4,7-13H2/t16-,17+/m0/s1. The molecule has 0 bridgehead atoms. The Hall–Kier alpha value is -1.76. The average molecular weight is 343 g/mol. The van der Waals surface area contributed by atoms with Gasteiger partial charge in [0.2, 0.25) is 5.89 Å². The van der Waals surface area contributed by atoms with E-state index in [4.69, 9.17) is 9.26 Å². The first-order chi connectivity index (χ1) is 12.3. The van der Waals surface area contributed by atoms with E-state index >= 15 is 0 Å². The molecule has 1 N–H and O–H groups in total. The van der Waals surface area contributed by atoms with Gasteiger partial charge in [0.1, 0.15) is 0 Å². The van der Waals surface area contributed by atoms with Gasteiger partial charge in [-0.15, -0.1) is 0 Å². The lowest BCUT2D eigenvalue weighted by molar-refractivity contribution is 0.00710. The first-order valence-electron chi connectivity index (χ1n) is 9.17. The van der Waals surface area contributed by atoms with E-state index in [1.54, 1.807) is 0 Å². The molecule has 0 amide bonds. The van der Waals surface area contributed by atoms with Crippen LogP contribution in [0.15, 0.2) is 34.9 Å². The number of benzene rings is 1. The number of nitrogens with zero attached hydrogens (tertiary/aromatic N) is 3. The molecule has 1 aliphatic carbocycles. The summed E-state index contributed by atoms with van der Waals surface area (Å²) in [7, 11) is 0. The summed E-state index contributed by atoms with van der Waals surface area (Å²) < 4.78 is 11.0. The quantitative estimate of drug-likeness (QED) is 0.794. The second-order valence-electron chi connectivity index (χ2n) is 7.07. The second kappa shape index (κ2) is 7.64. The number of likely N-dealkylation sites (tertiary alicyclic amines) is 1. The maximum Gasteiger partial charge on any atom is 0.229 e. The monoisotopic (exact) mass is 343 g/mol. The van der Waals surface area contributed by atoms with Gasteiger partial charge in [0.05, 0.1) is 25.4 Å². The third-order valence-corrected chi connectivity index (χ3v) is 4.91. The highest BCUT2D eigenvalue weighted by molar-refractivity contribution is 5.13. The minimum absolute atomic E-state index is 0.153. The van der Waals surface area contributed by atoms with Crippen LogP contribution in [-0.4, -0.2) is 45.9 Å². The Bertz CT molecular complexity index is 672. The van der Waals surface area contributed by atoms with Crippen molar-refractivity contribution in [3.8, 4) is 0 Å². The van der Waals surface area contributed by atoms with Gasteiger partial charge in [0, 0.05) is 12.5 Å². The fourth-order valence-corrected chi connectivity index (χ4v) is 3.43. The van der Waals surface area contributed by atoms with E-state index in [0.29, 0.717) is 25.7 Å². The van der Waals surface area contributed by atoms with Crippen molar-refractivity contribution in [1.82, 2.24) is 15.0 Å². The molecule has 25 heavy (non-hydrogen) atoms. The van der Waals surface area contributed by atoms with E-state index in [1.165, 1.54) is 0 Å². The van der Waals surface area contributed by atoms with Gasteiger partial charge < -0.3 is 14.4 Å². The van der Waals surface area contributed by atoms with Crippen LogP contribution in [0.1, 0.15) is 54.9 Å². The smallest absolute Gasteiger partial charge is 0.229 e. The van der Waals surface area contributed by atoms with Crippen molar-refractivity contribution in [2.24, 2.45) is 0 Å². The minimum Gasteiger partial charge on any atom is -0.389 e. The van der Waals surface area contributed by atoms with Crippen LogP contribution in [0.5, 0.6) is 0 Å². The highest BCUT2D eigenvalue weighted by Gasteiger charge is 2.34. The minimum atomic E-state index is -0.515. The van der Waals surface area contributed by atoms with Crippen molar-refractivity contribution in [3.05, 3.63) is 47.6 Å². The van der Waals surface area contributed by atoms with Crippen LogP contribution in [0.4, 0.5) is 0 Å². The highest BCUT2D eigenvalue weighted by Crippen LogP contribution is 2.40. The van der Waals surface area contributed by atoms with Crippen molar-refractivity contribution in [3.63, 3.8) is 0 Å². The van der Waals surface area contributed by atoms with Gasteiger partial charge in [-0.2, -0.15) is 4.98 Å². The Balaban J connectivity index is 1.26. The van der Waals surface area contributed by atoms with E-state index < -0.39 is 6.10 Å². The van der Waals surface area contributed by atoms with E-state index in [9.17, 15) is 5.11 Å². The molecule has 1 aromatic carbocycles. The predicted molar refractivity (Wildman–Crippen MR) is 91.9 cm³/mol. The SMILES string of the molecule is O[C@H](COCc1ccccc1)CN1CCC[C@@H]1c1noc(C2CC2)n1. The average Bonchev–Trinajstić information content (AvgIpc) is 3.18. The predicted octanol–water partition coefficient (Wildman–Crippen LogP) is 2.66. The molecule has 0 spiro atoms. The summed E-state index contributed by atoms with van der Waals surface area (Å²) in [5, 5.41) is 14.5. The maximum absolute atomic E-state index is 10.3. The van der Waals surface area contributed by atoms with Gasteiger partial charge in [-0.05, 0) is 37.8 Å². The van der Waals surface area contributed by atoms with E-state index in [-0.39, 0.29) is 6.04 Å². The van der Waals surface area contributed by atoms with Crippen molar-refractivity contribution in [2.75, 3.05) is 19.7 Å². The Morgan fingerprint density at radius 2 is 2.08 bits per heavy atom. The summed E-state index contributed by atoms with van der Waals surface area (Å²) in [6.45, 7) is 2.38. The first-order valence-corrected chi connectivity index (χ1v) is 9.17. The number of aromatic nitrogens is 2. The molecular formula is C19H25N3O3. The largest absolute Gasteiger partial charge is 0.389 e. The van der Waals surface area contributed by atoms with Crippen LogP contribution < -0.4 is 0 Å². The molecule has 134 valence electrons. The lowest BCUT2D eigenvalue weighted by Crippen LogP contribution is -2.35. The van der Waals surface area contributed by atoms with E-state index in [2.05, 4.69) is 15.0 Å². The van der Waals surface area contributed by atoms with Crippen LogP contribution in [0.25, 0.3) is 0 Å². The Kier molecular flexibility index (Phi) is 5.10. The summed E-state index contributed by atoms with van der Waals surface area (Å²) in [6, 6.07) is 10.2. The van der Waals surface area contributed by atoms with Crippen molar-refractivity contribution in [1.29, 1.82) is 0 Å². The summed E-state index contributed by atoms with van der Waals surface area (Å²) >= 11 is 0. The number of β-amino-alcohol motifs (C(OH)–C–C–N with tert-alkyl or cyclic N) is 1. The molecule has 1 aromatic heterocycles. The van der Waals surface area contributed by atoms with Crippen molar-refractivity contribution < 1.29 is 14.4 Å². The number of rotatable bonds is 8. The first kappa shape index (κ1) is 16.7. The van der Waals surface area contributed by atoms with Gasteiger partial charge in [0.25, 0.3) is 0 Å². The summed E-state index contributed by atoms with van der Waals surface area (Å²) in [5.74, 6) is 2.04. The van der Waals surface area contributed by atoms with Crippen molar-refractivity contribution >= 4 is 0 Å². The van der Waals surface area contributed by atoms with E-state index in [0.717, 1.165) is 49.5 Å². The molecular weight excluding hydrogens is 318 g/mol. The molecule has 2 heterocycles. The summed E-state index contributed by atoms with van der Waals surface area (Å²) in [4.78, 5) is 6.83. The zero-order valence-electron chi connectivity index (χ0n) is 14.4. The third kappa shape index (κ3) is 4.26. The molecule has 1 saturated carbocycles. The Labute approximate surface area is 147 Å². The van der Waals surface area contributed by atoms with Gasteiger partial charge in [0.15, 0.2) is 5.82 Å². The van der Waals surface area contributed by atoms with Gasteiger partial charge in [-0.3, -0.25) is 4.90 Å². The second-order valence-corrected chi connectivity index (χ2v) is 7.07. The van der Waals surface area contributed by atoms with Gasteiger partial charge in [-0.25, -0.2) is 0 Å². The topological polar surface area (TPSA) is 71.6 Å². The molecule has 1 saturated heterocycles. The fraction of sp³-hybridized carbons (Fsp3) is 0.579. The van der Waals surface area contributed by atoms with Crippen LogP contribution >= 0.6 is 0 Å². The fourth-order valence-electron chi connectivity index (χ4n) is 3.43. The Morgan fingerprint density at radius 1 is 1.24 bits per heavy atom. The normalized spacial score (nSPS) is 22.4. The van der Waals surface area contributed by atoms with Gasteiger partial charge in [-0.1, -0.05) is 35.5 Å². The molecule has 4 rings (SSSR count). The summed E-state index contributed by atoms with van der Waals surface area (Å²) in [5.41, 5.74) is 1.12. The Morgan fingerprint density at radius 3 is 2.88 bits per heavy atom. The molecule has 1 aliphatic heterocycles. The maximum atomic E-state index is 10.3. The van der Waals surface area contributed by atoms with Crippen LogP contribution in [-0.2, 0) is 11.3 Å². The van der Waals surface area contributed by atoms with Crippen LogP contribution in [0.3, 0.4) is 0 Å². The molecule has 0 radical (unpaired) electrons. The van der Waals surface area contributed by atoms with Crippen LogP contribution in [0.2, 0.25) is 0 Å². The van der Waals surface area contributed by atoms with Gasteiger partial charge >= 0.3 is 0 Å². The molecule has 6 nitrogen and oxygen atoms in total. The summed E-state index contributed by atoms with van der Waals surface area (Å²) in [6.07, 6.45) is 3.91. The zero-order chi connectivity index (χ0) is 17.1. The molecule has 2 aromatic rings. The number of ether oxygens (including phenoxy) is 1. The number of aliphatic hydroxyl groups is 1. The lowest BCUT2D eigenvalue weighted by Gasteiger charge is -2.24. The molecule has 0 unspecified atom stereocenters. The van der Waals surface area contributed by atoms with Crippen LogP contribution in [0, 0.1) is 0 Å². The molecule has 2 aliphatic rings. The zero-order valence-corrected chi connectivity index (χ0v) is 14.4. The molecule has 2 fully saturated rings. The molecule has 2 atom stereocenters. The van der Waals surface area contributed by atoms with Crippen molar-refractivity contribution in [2.45, 2.75) is 50.4 Å². The number of aliphatic hydroxyl groups excluding tert-OH is 1. The lowest BCUT2D eigenvalue weighted by atomic mass is 10.2. The number of hydrogen-bond donors (Lipinski definition) is 1.